The first kappa shape index (κ1) is 21.9. The Morgan fingerprint density at radius 1 is 1.03 bits per heavy atom. The second kappa shape index (κ2) is 9.90. The maximum absolute atomic E-state index is 12.4. The third-order valence-electron chi connectivity index (χ3n) is 4.86. The molecule has 3 heterocycles. The van der Waals surface area contributed by atoms with E-state index in [1.807, 2.05) is 13.0 Å². The van der Waals surface area contributed by atoms with Crippen molar-refractivity contribution in [2.45, 2.75) is 33.2 Å². The third-order valence-corrected chi connectivity index (χ3v) is 4.86. The second-order valence-electron chi connectivity index (χ2n) is 7.38. The van der Waals surface area contributed by atoms with Crippen LogP contribution in [-0.4, -0.2) is 26.9 Å². The van der Waals surface area contributed by atoms with Crippen molar-refractivity contribution in [3.05, 3.63) is 83.3 Å². The lowest BCUT2D eigenvalue weighted by atomic mass is 10.2. The summed E-state index contributed by atoms with van der Waals surface area (Å²) in [6.45, 7) is 3.98. The predicted molar refractivity (Wildman–Crippen MR) is 121 cm³/mol. The Morgan fingerprint density at radius 2 is 1.91 bits per heavy atom. The molecule has 0 unspecified atom stereocenters. The van der Waals surface area contributed by atoms with Crippen LogP contribution in [0.15, 0.2) is 63.7 Å². The minimum absolute atomic E-state index is 0.181. The van der Waals surface area contributed by atoms with Gasteiger partial charge in [0.25, 0.3) is 11.8 Å². The molecule has 33 heavy (non-hydrogen) atoms. The monoisotopic (exact) mass is 445 g/mol. The number of nitrogens with zero attached hydrogens (tertiary/aromatic N) is 3. The van der Waals surface area contributed by atoms with Gasteiger partial charge in [0.05, 0.1) is 6.54 Å². The number of benzene rings is 1. The van der Waals surface area contributed by atoms with Gasteiger partial charge in [0.2, 0.25) is 5.89 Å². The van der Waals surface area contributed by atoms with Gasteiger partial charge >= 0.3 is 0 Å². The summed E-state index contributed by atoms with van der Waals surface area (Å²) >= 11 is 0. The Labute approximate surface area is 190 Å². The first-order valence-corrected chi connectivity index (χ1v) is 10.6. The fraction of sp³-hybridized carbons (Fsp3) is 0.208. The molecule has 0 saturated heterocycles. The number of hydrogen-bond donors (Lipinski definition) is 2. The fourth-order valence-electron chi connectivity index (χ4n) is 3.18. The van der Waals surface area contributed by atoms with Crippen molar-refractivity contribution < 1.29 is 18.5 Å². The third kappa shape index (κ3) is 5.32. The van der Waals surface area contributed by atoms with Crippen LogP contribution in [0.5, 0.6) is 0 Å². The van der Waals surface area contributed by atoms with Crippen LogP contribution in [0.2, 0.25) is 0 Å². The van der Waals surface area contributed by atoms with E-state index in [4.69, 9.17) is 8.94 Å². The molecule has 0 bridgehead atoms. The molecule has 0 aliphatic carbocycles. The van der Waals surface area contributed by atoms with Crippen LogP contribution in [-0.2, 0) is 13.0 Å². The molecule has 168 valence electrons. The molecule has 0 aliphatic heterocycles. The quantitative estimate of drug-likeness (QED) is 0.417. The summed E-state index contributed by atoms with van der Waals surface area (Å²) in [6.07, 6.45) is 3.20. The van der Waals surface area contributed by atoms with E-state index >= 15 is 0 Å². The predicted octanol–water partition coefficient (Wildman–Crippen LogP) is 4.17. The van der Waals surface area contributed by atoms with Gasteiger partial charge in [-0.15, -0.1) is 0 Å². The standard InChI is InChI=1S/C24H23N5O4/c1-3-7-18-13-20(29-33-18)22(30)26-14-21-15(2)32-24(28-21)16-8-6-9-17(12-16)27-23(31)19-10-4-5-11-25-19/h4-6,8-13H,3,7,14H2,1-2H3,(H,26,30)(H,27,31). The first-order chi connectivity index (χ1) is 16.0. The largest absolute Gasteiger partial charge is 0.441 e. The Kier molecular flexibility index (Phi) is 6.58. The molecule has 3 aromatic heterocycles. The summed E-state index contributed by atoms with van der Waals surface area (Å²) in [5, 5.41) is 9.41. The number of pyridine rings is 1. The number of anilines is 1. The maximum atomic E-state index is 12.4. The Balaban J connectivity index is 1.43. The fourth-order valence-corrected chi connectivity index (χ4v) is 3.18. The van der Waals surface area contributed by atoms with Crippen molar-refractivity contribution in [3.8, 4) is 11.5 Å². The maximum Gasteiger partial charge on any atom is 0.274 e. The summed E-state index contributed by atoms with van der Waals surface area (Å²) in [4.78, 5) is 33.3. The zero-order chi connectivity index (χ0) is 23.2. The molecule has 0 saturated carbocycles. The van der Waals surface area contributed by atoms with Gasteiger partial charge in [-0.05, 0) is 43.7 Å². The Bertz CT molecular complexity index is 1260. The lowest BCUT2D eigenvalue weighted by molar-refractivity contribution is 0.0940. The number of rotatable bonds is 8. The van der Waals surface area contributed by atoms with Gasteiger partial charge in [-0.25, -0.2) is 4.98 Å². The number of aromatic nitrogens is 3. The molecule has 4 aromatic rings. The van der Waals surface area contributed by atoms with Crippen molar-refractivity contribution in [3.63, 3.8) is 0 Å². The number of aryl methyl sites for hydroxylation is 2. The van der Waals surface area contributed by atoms with Crippen molar-refractivity contribution >= 4 is 17.5 Å². The van der Waals surface area contributed by atoms with Crippen molar-refractivity contribution in [1.29, 1.82) is 0 Å². The number of hydrogen-bond acceptors (Lipinski definition) is 7. The van der Waals surface area contributed by atoms with E-state index in [9.17, 15) is 9.59 Å². The van der Waals surface area contributed by atoms with Gasteiger partial charge in [-0.2, -0.15) is 0 Å². The highest BCUT2D eigenvalue weighted by molar-refractivity contribution is 6.03. The van der Waals surface area contributed by atoms with Gasteiger partial charge in [0.15, 0.2) is 5.69 Å². The molecule has 0 fully saturated rings. The van der Waals surface area contributed by atoms with Crippen molar-refractivity contribution in [1.82, 2.24) is 20.4 Å². The zero-order valence-corrected chi connectivity index (χ0v) is 18.3. The molecule has 0 aliphatic rings. The summed E-state index contributed by atoms with van der Waals surface area (Å²) in [5.74, 6) is 0.994. The van der Waals surface area contributed by atoms with E-state index in [1.54, 1.807) is 55.6 Å². The van der Waals surface area contributed by atoms with E-state index < -0.39 is 0 Å². The molecular weight excluding hydrogens is 422 g/mol. The SMILES string of the molecule is CCCc1cc(C(=O)NCc2nc(-c3cccc(NC(=O)c4ccccn4)c3)oc2C)no1. The van der Waals surface area contributed by atoms with E-state index in [0.717, 1.165) is 12.8 Å². The highest BCUT2D eigenvalue weighted by Gasteiger charge is 2.16. The van der Waals surface area contributed by atoms with Crippen LogP contribution in [0, 0.1) is 6.92 Å². The van der Waals surface area contributed by atoms with Gasteiger partial charge in [0.1, 0.15) is 22.9 Å². The minimum Gasteiger partial charge on any atom is -0.441 e. The average molecular weight is 445 g/mol. The minimum atomic E-state index is -0.343. The van der Waals surface area contributed by atoms with Gasteiger partial charge in [-0.3, -0.25) is 14.6 Å². The van der Waals surface area contributed by atoms with Gasteiger partial charge in [0, 0.05) is 29.9 Å². The molecule has 0 radical (unpaired) electrons. The first-order valence-electron chi connectivity index (χ1n) is 10.6. The van der Waals surface area contributed by atoms with Crippen LogP contribution in [0.3, 0.4) is 0 Å². The second-order valence-corrected chi connectivity index (χ2v) is 7.38. The highest BCUT2D eigenvalue weighted by atomic mass is 16.5. The summed E-state index contributed by atoms with van der Waals surface area (Å²) in [6, 6.07) is 13.9. The molecule has 2 amide bonds. The molecule has 9 nitrogen and oxygen atoms in total. The van der Waals surface area contributed by atoms with Crippen LogP contribution < -0.4 is 10.6 Å². The van der Waals surface area contributed by atoms with Crippen LogP contribution in [0.25, 0.3) is 11.5 Å². The van der Waals surface area contributed by atoms with E-state index in [1.165, 1.54) is 0 Å². The van der Waals surface area contributed by atoms with E-state index in [-0.39, 0.29) is 24.1 Å². The van der Waals surface area contributed by atoms with E-state index in [2.05, 4.69) is 25.8 Å². The van der Waals surface area contributed by atoms with Gasteiger partial charge in [-0.1, -0.05) is 24.2 Å². The molecular formula is C24H23N5O4. The van der Waals surface area contributed by atoms with Gasteiger partial charge < -0.3 is 19.6 Å². The summed E-state index contributed by atoms with van der Waals surface area (Å²) in [7, 11) is 0. The van der Waals surface area contributed by atoms with Crippen molar-refractivity contribution in [2.75, 3.05) is 5.32 Å². The topological polar surface area (TPSA) is 123 Å². The van der Waals surface area contributed by atoms with Crippen LogP contribution >= 0.6 is 0 Å². The average Bonchev–Trinajstić information content (AvgIpc) is 3.45. The summed E-state index contributed by atoms with van der Waals surface area (Å²) in [5.41, 5.74) is 2.43. The normalized spacial score (nSPS) is 10.7. The smallest absolute Gasteiger partial charge is 0.274 e. The Morgan fingerprint density at radius 3 is 2.70 bits per heavy atom. The zero-order valence-electron chi connectivity index (χ0n) is 18.3. The number of carbonyl (C=O) groups excluding carboxylic acids is 2. The number of carbonyl (C=O) groups is 2. The molecule has 0 atom stereocenters. The highest BCUT2D eigenvalue weighted by Crippen LogP contribution is 2.24. The lowest BCUT2D eigenvalue weighted by Crippen LogP contribution is -2.23. The molecule has 2 N–H and O–H groups in total. The number of oxazole rings is 1. The Hall–Kier alpha value is -4.27. The number of amides is 2. The number of nitrogens with one attached hydrogen (secondary N) is 2. The molecule has 0 spiro atoms. The van der Waals surface area contributed by atoms with E-state index in [0.29, 0.717) is 40.0 Å². The van der Waals surface area contributed by atoms with Crippen molar-refractivity contribution in [2.24, 2.45) is 0 Å². The molecule has 9 heteroatoms. The lowest BCUT2D eigenvalue weighted by Gasteiger charge is -2.05. The van der Waals surface area contributed by atoms with Crippen LogP contribution in [0.4, 0.5) is 5.69 Å². The van der Waals surface area contributed by atoms with Crippen LogP contribution in [0.1, 0.15) is 51.5 Å². The summed E-state index contributed by atoms with van der Waals surface area (Å²) < 4.78 is 10.9. The molecule has 1 aromatic carbocycles. The molecule has 4 rings (SSSR count).